The van der Waals surface area contributed by atoms with Gasteiger partial charge in [0, 0.05) is 23.4 Å². The zero-order chi connectivity index (χ0) is 15.2. The number of benzene rings is 1. The largest absolute Gasteiger partial charge is 0.352 e. The van der Waals surface area contributed by atoms with Crippen molar-refractivity contribution in [1.82, 2.24) is 10.3 Å². The summed E-state index contributed by atoms with van der Waals surface area (Å²) in [6.07, 6.45) is 1.69. The molecular formula is C16H17N3OS. The van der Waals surface area contributed by atoms with Gasteiger partial charge < -0.3 is 5.32 Å². The summed E-state index contributed by atoms with van der Waals surface area (Å²) in [5.74, 6) is -0.122. The number of nitriles is 1. The van der Waals surface area contributed by atoms with Crippen LogP contribution in [0.1, 0.15) is 38.4 Å². The molecule has 0 fully saturated rings. The molecule has 1 heterocycles. The minimum atomic E-state index is -0.122. The van der Waals surface area contributed by atoms with E-state index in [4.69, 9.17) is 5.26 Å². The summed E-state index contributed by atoms with van der Waals surface area (Å²) in [6, 6.07) is 8.65. The Hall–Kier alpha value is -2.19. The number of nitrogens with one attached hydrogen (secondary N) is 1. The third-order valence-corrected chi connectivity index (χ3v) is 4.25. The molecule has 21 heavy (non-hydrogen) atoms. The van der Waals surface area contributed by atoms with Crippen molar-refractivity contribution in [1.29, 1.82) is 5.26 Å². The summed E-state index contributed by atoms with van der Waals surface area (Å²) in [5.41, 5.74) is 2.27. The van der Waals surface area contributed by atoms with E-state index in [2.05, 4.69) is 24.1 Å². The number of hydrogen-bond acceptors (Lipinski definition) is 4. The Bertz CT molecular complexity index is 668. The summed E-state index contributed by atoms with van der Waals surface area (Å²) in [6.45, 7) is 4.74. The maximum atomic E-state index is 12.0. The SMILES string of the molecule is CCc1nc(CCNC(=O)c2ccc(C#N)cc2)sc1C. The fourth-order valence-corrected chi connectivity index (χ4v) is 3.02. The van der Waals surface area contributed by atoms with E-state index >= 15 is 0 Å². The van der Waals surface area contributed by atoms with Gasteiger partial charge in [0.1, 0.15) is 0 Å². The van der Waals surface area contributed by atoms with Gasteiger partial charge in [-0.1, -0.05) is 6.92 Å². The molecule has 0 aliphatic rings. The molecule has 2 rings (SSSR count). The molecule has 0 radical (unpaired) electrons. The number of aryl methyl sites for hydroxylation is 2. The second kappa shape index (κ2) is 7.00. The topological polar surface area (TPSA) is 65.8 Å². The van der Waals surface area contributed by atoms with Crippen molar-refractivity contribution < 1.29 is 4.79 Å². The monoisotopic (exact) mass is 299 g/mol. The molecule has 1 aromatic heterocycles. The van der Waals surface area contributed by atoms with E-state index in [0.717, 1.165) is 23.5 Å². The highest BCUT2D eigenvalue weighted by Gasteiger charge is 2.08. The molecule has 0 bridgehead atoms. The smallest absolute Gasteiger partial charge is 0.251 e. The number of hydrogen-bond donors (Lipinski definition) is 1. The molecule has 0 saturated carbocycles. The van der Waals surface area contributed by atoms with Crippen molar-refractivity contribution in [2.45, 2.75) is 26.7 Å². The number of aromatic nitrogens is 1. The Balaban J connectivity index is 1.87. The zero-order valence-corrected chi connectivity index (χ0v) is 13.0. The first kappa shape index (κ1) is 15.2. The number of amides is 1. The van der Waals surface area contributed by atoms with Crippen LogP contribution < -0.4 is 5.32 Å². The predicted molar refractivity (Wildman–Crippen MR) is 83.4 cm³/mol. The summed E-state index contributed by atoms with van der Waals surface area (Å²) in [5, 5.41) is 12.7. The number of nitrogens with zero attached hydrogens (tertiary/aromatic N) is 2. The number of thiazole rings is 1. The maximum Gasteiger partial charge on any atom is 0.251 e. The van der Waals surface area contributed by atoms with Crippen LogP contribution in [-0.2, 0) is 12.8 Å². The Morgan fingerprint density at radius 3 is 2.67 bits per heavy atom. The van der Waals surface area contributed by atoms with Crippen LogP contribution in [0, 0.1) is 18.3 Å². The van der Waals surface area contributed by atoms with Gasteiger partial charge in [0.25, 0.3) is 5.91 Å². The predicted octanol–water partition coefficient (Wildman–Crippen LogP) is 2.86. The second-order valence-corrected chi connectivity index (χ2v) is 5.95. The lowest BCUT2D eigenvalue weighted by atomic mass is 10.1. The van der Waals surface area contributed by atoms with Gasteiger partial charge in [0.2, 0.25) is 0 Å². The van der Waals surface area contributed by atoms with E-state index < -0.39 is 0 Å². The molecule has 0 atom stereocenters. The molecule has 0 spiro atoms. The van der Waals surface area contributed by atoms with Crippen LogP contribution in [0.5, 0.6) is 0 Å². The first-order chi connectivity index (χ1) is 10.1. The molecule has 1 aromatic carbocycles. The van der Waals surface area contributed by atoms with E-state index in [-0.39, 0.29) is 5.91 Å². The lowest BCUT2D eigenvalue weighted by Crippen LogP contribution is -2.25. The van der Waals surface area contributed by atoms with Crippen molar-refractivity contribution in [3.05, 3.63) is 51.0 Å². The standard InChI is InChI=1S/C16H17N3OS/c1-3-14-11(2)21-15(19-14)8-9-18-16(20)13-6-4-12(10-17)5-7-13/h4-7H,3,8-9H2,1-2H3,(H,18,20). The van der Waals surface area contributed by atoms with Crippen molar-refractivity contribution in [3.63, 3.8) is 0 Å². The van der Waals surface area contributed by atoms with Gasteiger partial charge >= 0.3 is 0 Å². The van der Waals surface area contributed by atoms with Gasteiger partial charge in [-0.15, -0.1) is 11.3 Å². The first-order valence-electron chi connectivity index (χ1n) is 6.87. The van der Waals surface area contributed by atoms with Gasteiger partial charge in [0.05, 0.1) is 22.3 Å². The van der Waals surface area contributed by atoms with E-state index in [1.54, 1.807) is 35.6 Å². The average Bonchev–Trinajstić information content (AvgIpc) is 2.87. The van der Waals surface area contributed by atoms with Gasteiger partial charge in [-0.3, -0.25) is 4.79 Å². The van der Waals surface area contributed by atoms with Gasteiger partial charge in [-0.05, 0) is 37.6 Å². The van der Waals surface area contributed by atoms with Crippen LogP contribution >= 0.6 is 11.3 Å². The third-order valence-electron chi connectivity index (χ3n) is 3.17. The second-order valence-electron chi connectivity index (χ2n) is 4.66. The van der Waals surface area contributed by atoms with Crippen molar-refractivity contribution >= 4 is 17.2 Å². The fraction of sp³-hybridized carbons (Fsp3) is 0.312. The average molecular weight is 299 g/mol. The quantitative estimate of drug-likeness (QED) is 0.923. The molecular weight excluding hydrogens is 282 g/mol. The normalized spacial score (nSPS) is 10.1. The van der Waals surface area contributed by atoms with E-state index in [1.807, 2.05) is 6.07 Å². The lowest BCUT2D eigenvalue weighted by Gasteiger charge is -2.03. The molecule has 108 valence electrons. The zero-order valence-electron chi connectivity index (χ0n) is 12.1. The molecule has 0 unspecified atom stereocenters. The lowest BCUT2D eigenvalue weighted by molar-refractivity contribution is 0.0954. The van der Waals surface area contributed by atoms with Crippen LogP contribution in [0.15, 0.2) is 24.3 Å². The van der Waals surface area contributed by atoms with Crippen molar-refractivity contribution in [2.75, 3.05) is 6.54 Å². The highest BCUT2D eigenvalue weighted by molar-refractivity contribution is 7.11. The van der Waals surface area contributed by atoms with Gasteiger partial charge in [-0.25, -0.2) is 4.98 Å². The minimum Gasteiger partial charge on any atom is -0.352 e. The minimum absolute atomic E-state index is 0.122. The molecule has 5 heteroatoms. The maximum absolute atomic E-state index is 12.0. The molecule has 1 N–H and O–H groups in total. The van der Waals surface area contributed by atoms with Crippen molar-refractivity contribution in [3.8, 4) is 6.07 Å². The first-order valence-corrected chi connectivity index (χ1v) is 7.69. The van der Waals surface area contributed by atoms with Crippen molar-refractivity contribution in [2.24, 2.45) is 0 Å². The number of rotatable bonds is 5. The molecule has 1 amide bonds. The van der Waals surface area contributed by atoms with Crippen LogP contribution in [0.25, 0.3) is 0 Å². The van der Waals surface area contributed by atoms with Gasteiger partial charge in [0.15, 0.2) is 0 Å². The molecule has 0 aliphatic heterocycles. The fourth-order valence-electron chi connectivity index (χ4n) is 2.00. The van der Waals surface area contributed by atoms with E-state index in [9.17, 15) is 4.79 Å². The summed E-state index contributed by atoms with van der Waals surface area (Å²) in [7, 11) is 0. The van der Waals surface area contributed by atoms with Crippen LogP contribution in [0.2, 0.25) is 0 Å². The summed E-state index contributed by atoms with van der Waals surface area (Å²) < 4.78 is 0. The Kier molecular flexibility index (Phi) is 5.07. The summed E-state index contributed by atoms with van der Waals surface area (Å²) >= 11 is 1.69. The molecule has 4 nitrogen and oxygen atoms in total. The molecule has 2 aromatic rings. The van der Waals surface area contributed by atoms with E-state index in [0.29, 0.717) is 17.7 Å². The Morgan fingerprint density at radius 2 is 2.10 bits per heavy atom. The third kappa shape index (κ3) is 3.89. The highest BCUT2D eigenvalue weighted by Crippen LogP contribution is 2.18. The van der Waals surface area contributed by atoms with Gasteiger partial charge in [-0.2, -0.15) is 5.26 Å². The molecule has 0 aliphatic carbocycles. The number of carbonyl (C=O) groups excluding carboxylic acids is 1. The number of carbonyl (C=O) groups is 1. The molecule has 0 saturated heterocycles. The van der Waals surface area contributed by atoms with Crippen LogP contribution in [-0.4, -0.2) is 17.4 Å². The van der Waals surface area contributed by atoms with Crippen LogP contribution in [0.3, 0.4) is 0 Å². The highest BCUT2D eigenvalue weighted by atomic mass is 32.1. The Morgan fingerprint density at radius 1 is 1.38 bits per heavy atom. The Labute approximate surface area is 128 Å². The summed E-state index contributed by atoms with van der Waals surface area (Å²) in [4.78, 5) is 17.8. The van der Waals surface area contributed by atoms with E-state index in [1.165, 1.54) is 4.88 Å². The van der Waals surface area contributed by atoms with Crippen LogP contribution in [0.4, 0.5) is 0 Å².